The van der Waals surface area contributed by atoms with E-state index in [1.165, 1.54) is 83.5 Å². The van der Waals surface area contributed by atoms with Crippen LogP contribution in [0.3, 0.4) is 0 Å². The average molecular weight is 361 g/mol. The normalized spacial score (nSPS) is 31.6. The van der Waals surface area contributed by atoms with E-state index in [9.17, 15) is 0 Å². The molecular weight excluding hydrogens is 327 g/mol. The first-order chi connectivity index (χ1) is 11.4. The highest BCUT2D eigenvalue weighted by molar-refractivity contribution is 7.74. The third-order valence-electron chi connectivity index (χ3n) is 6.22. The summed E-state index contributed by atoms with van der Waals surface area (Å²) in [5.41, 5.74) is 2.96. The molecule has 0 saturated heterocycles. The van der Waals surface area contributed by atoms with Crippen molar-refractivity contribution in [1.29, 1.82) is 0 Å². The van der Waals surface area contributed by atoms with E-state index in [1.54, 1.807) is 0 Å². The van der Waals surface area contributed by atoms with Crippen molar-refractivity contribution in [3.05, 3.63) is 0 Å². The molecule has 0 spiro atoms. The molecule has 0 aliphatic heterocycles. The van der Waals surface area contributed by atoms with Crippen LogP contribution in [0.4, 0.5) is 0 Å². The quantitative estimate of drug-likeness (QED) is 0.202. The van der Waals surface area contributed by atoms with E-state index in [4.69, 9.17) is 4.89 Å². The highest BCUT2D eigenvalue weighted by atomic mass is 32.1. The summed E-state index contributed by atoms with van der Waals surface area (Å²) < 4.78 is 4.35. The fourth-order valence-electron chi connectivity index (χ4n) is 5.20. The zero-order valence-electron chi connectivity index (χ0n) is 14.3. The molecule has 0 aromatic heterocycles. The summed E-state index contributed by atoms with van der Waals surface area (Å²) in [5.74, 6) is 0. The molecule has 3 rings (SSSR count). The van der Waals surface area contributed by atoms with Crippen molar-refractivity contribution in [2.24, 2.45) is 0 Å². The number of hydrogen-bond acceptors (Lipinski definition) is 4. The number of rotatable bonds is 6. The Morgan fingerprint density at radius 1 is 0.652 bits per heavy atom. The Kier molecular flexibility index (Phi) is 8.00. The Balaban J connectivity index is 1.65. The first-order valence-corrected chi connectivity index (χ1v) is 11.7. The van der Waals surface area contributed by atoms with Gasteiger partial charge in [-0.2, -0.15) is 0 Å². The Morgan fingerprint density at radius 3 is 1.78 bits per heavy atom. The molecule has 0 heterocycles. The van der Waals surface area contributed by atoms with Gasteiger partial charge in [0.1, 0.15) is 0 Å². The molecule has 0 radical (unpaired) electrons. The van der Waals surface area contributed by atoms with Crippen LogP contribution in [0, 0.1) is 0 Å². The van der Waals surface area contributed by atoms with Gasteiger partial charge >= 0.3 is 0 Å². The van der Waals surface area contributed by atoms with Crippen molar-refractivity contribution in [1.82, 2.24) is 0 Å². The van der Waals surface area contributed by atoms with Crippen molar-refractivity contribution in [2.75, 3.05) is 0 Å². The Hall–Kier alpha value is 0.660. The molecule has 0 aromatic rings. The van der Waals surface area contributed by atoms with Crippen LogP contribution < -0.4 is 0 Å². The smallest absolute Gasteiger partial charge is 0.0967 e. The molecule has 0 aromatic carbocycles. The van der Waals surface area contributed by atoms with Gasteiger partial charge in [-0.05, 0) is 61.9 Å². The van der Waals surface area contributed by atoms with E-state index in [0.29, 0.717) is 0 Å². The predicted octanol–water partition coefficient (Wildman–Crippen LogP) is 6.17. The lowest BCUT2D eigenvalue weighted by molar-refractivity contribution is -0.478. The van der Waals surface area contributed by atoms with Gasteiger partial charge in [-0.3, -0.25) is 0 Å². The van der Waals surface area contributed by atoms with Crippen LogP contribution in [0.5, 0.6) is 0 Å². The van der Waals surface area contributed by atoms with Crippen LogP contribution in [-0.4, -0.2) is 23.1 Å². The molecule has 3 saturated carbocycles. The SMILES string of the molecule is SOOOC1CCCC(P(C2CCCCC2)C2CCCCC2)C1. The topological polar surface area (TPSA) is 27.7 Å². The molecular formula is C18H33O3PS. The largest absolute Gasteiger partial charge is 0.202 e. The summed E-state index contributed by atoms with van der Waals surface area (Å²) in [6, 6.07) is 0. The fraction of sp³-hybridized carbons (Fsp3) is 1.00. The molecule has 5 heteroatoms. The Labute approximate surface area is 148 Å². The minimum absolute atomic E-state index is 0.148. The number of hydrogen-bond donors (Lipinski definition) is 1. The van der Waals surface area contributed by atoms with Crippen LogP contribution in [-0.2, 0) is 14.3 Å². The van der Waals surface area contributed by atoms with Crippen molar-refractivity contribution in [3.63, 3.8) is 0 Å². The zero-order chi connectivity index (χ0) is 15.9. The molecule has 3 aliphatic rings. The Morgan fingerprint density at radius 2 is 1.22 bits per heavy atom. The predicted molar refractivity (Wildman–Crippen MR) is 99.0 cm³/mol. The molecule has 2 atom stereocenters. The van der Waals surface area contributed by atoms with E-state index in [2.05, 4.69) is 22.3 Å². The minimum atomic E-state index is 0.148. The summed E-state index contributed by atoms with van der Waals surface area (Å²) in [5, 5.41) is 4.66. The highest BCUT2D eigenvalue weighted by Crippen LogP contribution is 2.61. The maximum atomic E-state index is 5.40. The van der Waals surface area contributed by atoms with Crippen LogP contribution >= 0.6 is 20.8 Å². The van der Waals surface area contributed by atoms with Gasteiger partial charge in [0, 0.05) is 12.9 Å². The molecule has 0 bridgehead atoms. The summed E-state index contributed by atoms with van der Waals surface area (Å²) in [7, 11) is 0.148. The molecule has 134 valence electrons. The van der Waals surface area contributed by atoms with E-state index in [-0.39, 0.29) is 14.0 Å². The lowest BCUT2D eigenvalue weighted by Gasteiger charge is -2.45. The second kappa shape index (κ2) is 9.97. The third-order valence-corrected chi connectivity index (χ3v) is 10.3. The molecule has 3 fully saturated rings. The van der Waals surface area contributed by atoms with Gasteiger partial charge in [0.15, 0.2) is 0 Å². The van der Waals surface area contributed by atoms with Crippen LogP contribution in [0.25, 0.3) is 0 Å². The summed E-state index contributed by atoms with van der Waals surface area (Å²) in [6.45, 7) is 0. The lowest BCUT2D eigenvalue weighted by atomic mass is 9.97. The van der Waals surface area contributed by atoms with Crippen molar-refractivity contribution in [3.8, 4) is 0 Å². The number of thiol groups is 1. The van der Waals surface area contributed by atoms with E-state index >= 15 is 0 Å². The second-order valence-electron chi connectivity index (χ2n) is 7.71. The lowest BCUT2D eigenvalue weighted by Crippen LogP contribution is -2.32. The van der Waals surface area contributed by atoms with Gasteiger partial charge < -0.3 is 0 Å². The molecule has 0 amide bonds. The second-order valence-corrected chi connectivity index (χ2v) is 10.9. The first-order valence-electron chi connectivity index (χ1n) is 9.79. The van der Waals surface area contributed by atoms with Gasteiger partial charge in [0.25, 0.3) is 0 Å². The van der Waals surface area contributed by atoms with E-state index < -0.39 is 0 Å². The Bertz CT molecular complexity index is 314. The van der Waals surface area contributed by atoms with Gasteiger partial charge in [0.2, 0.25) is 0 Å². The van der Waals surface area contributed by atoms with E-state index in [1.807, 2.05) is 0 Å². The van der Waals surface area contributed by atoms with Crippen molar-refractivity contribution in [2.45, 2.75) is 113 Å². The van der Waals surface area contributed by atoms with Crippen LogP contribution in [0.2, 0.25) is 0 Å². The minimum Gasteiger partial charge on any atom is -0.202 e. The summed E-state index contributed by atoms with van der Waals surface area (Å²) in [4.78, 5) is 5.40. The zero-order valence-corrected chi connectivity index (χ0v) is 16.1. The molecule has 23 heavy (non-hydrogen) atoms. The molecule has 2 unspecified atom stereocenters. The van der Waals surface area contributed by atoms with Crippen molar-refractivity contribution >= 4 is 20.8 Å². The first kappa shape index (κ1) is 18.5. The molecule has 0 N–H and O–H groups in total. The van der Waals surface area contributed by atoms with E-state index in [0.717, 1.165) is 23.4 Å². The molecule has 3 aliphatic carbocycles. The van der Waals surface area contributed by atoms with Crippen LogP contribution in [0.1, 0.15) is 89.9 Å². The van der Waals surface area contributed by atoms with Crippen molar-refractivity contribution < 1.29 is 14.3 Å². The maximum Gasteiger partial charge on any atom is 0.0967 e. The maximum absolute atomic E-state index is 5.40. The highest BCUT2D eigenvalue weighted by Gasteiger charge is 2.38. The van der Waals surface area contributed by atoms with Gasteiger partial charge in [0.05, 0.1) is 6.10 Å². The standard InChI is InChI=1S/C18H33O3PS/c23-21-20-19-15-8-7-13-18(14-15)22(16-9-3-1-4-10-16)17-11-5-2-6-12-17/h15-18,23H,1-14H2. The monoisotopic (exact) mass is 360 g/mol. The summed E-state index contributed by atoms with van der Waals surface area (Å²) in [6.07, 6.45) is 20.0. The van der Waals surface area contributed by atoms with Gasteiger partial charge in [-0.15, -0.1) is 4.33 Å². The molecule has 3 nitrogen and oxygen atoms in total. The van der Waals surface area contributed by atoms with Crippen LogP contribution in [0.15, 0.2) is 0 Å². The van der Waals surface area contributed by atoms with Gasteiger partial charge in [-0.1, -0.05) is 57.9 Å². The summed E-state index contributed by atoms with van der Waals surface area (Å²) >= 11 is 3.61. The van der Waals surface area contributed by atoms with Gasteiger partial charge in [-0.25, -0.2) is 4.89 Å². The third kappa shape index (κ3) is 5.31. The fourth-order valence-corrected chi connectivity index (χ4v) is 9.91. The average Bonchev–Trinajstić information content (AvgIpc) is 2.62.